The van der Waals surface area contributed by atoms with E-state index in [1.54, 1.807) is 0 Å². The maximum atomic E-state index is 12.2. The van der Waals surface area contributed by atoms with Crippen molar-refractivity contribution in [1.82, 2.24) is 0 Å². The van der Waals surface area contributed by atoms with E-state index in [2.05, 4.69) is 27.3 Å². The highest BCUT2D eigenvalue weighted by atomic mass is 79.9. The highest BCUT2D eigenvalue weighted by Crippen LogP contribution is 2.23. The summed E-state index contributed by atoms with van der Waals surface area (Å²) in [6.07, 6.45) is 0. The third-order valence-corrected chi connectivity index (χ3v) is 3.87. The van der Waals surface area contributed by atoms with Crippen molar-refractivity contribution in [3.63, 3.8) is 0 Å². The van der Waals surface area contributed by atoms with Gasteiger partial charge in [0.15, 0.2) is 0 Å². The lowest BCUT2D eigenvalue weighted by atomic mass is 10.1. The maximum Gasteiger partial charge on any atom is 0.255 e. The predicted octanol–water partition coefficient (Wildman–Crippen LogP) is 5.16. The Morgan fingerprint density at radius 2 is 1.57 bits per heavy atom. The second-order valence-corrected chi connectivity index (χ2v) is 5.94. The topological polar surface area (TPSA) is 29.1 Å². The molecular formula is C18H14BrNO. The van der Waals surface area contributed by atoms with Crippen LogP contribution in [0.25, 0.3) is 10.8 Å². The van der Waals surface area contributed by atoms with Crippen LogP contribution in [0.4, 0.5) is 5.69 Å². The molecule has 0 atom stereocenters. The first-order valence-electron chi connectivity index (χ1n) is 6.69. The molecule has 0 heterocycles. The molecule has 0 aromatic heterocycles. The average molecular weight is 340 g/mol. The zero-order valence-corrected chi connectivity index (χ0v) is 13.1. The first kappa shape index (κ1) is 13.8. The van der Waals surface area contributed by atoms with Crippen LogP contribution >= 0.6 is 15.9 Å². The summed E-state index contributed by atoms with van der Waals surface area (Å²) in [5.74, 6) is -0.0912. The summed E-state index contributed by atoms with van der Waals surface area (Å²) >= 11 is 3.46. The molecule has 2 nitrogen and oxygen atoms in total. The molecule has 0 bridgehead atoms. The number of halogens is 1. The number of hydrogen-bond donors (Lipinski definition) is 1. The van der Waals surface area contributed by atoms with Gasteiger partial charge < -0.3 is 5.32 Å². The minimum absolute atomic E-state index is 0.0912. The summed E-state index contributed by atoms with van der Waals surface area (Å²) in [4.78, 5) is 12.2. The number of amides is 1. The zero-order valence-electron chi connectivity index (χ0n) is 11.6. The number of rotatable bonds is 2. The van der Waals surface area contributed by atoms with Crippen LogP contribution < -0.4 is 5.32 Å². The Hall–Kier alpha value is -2.13. The fourth-order valence-electron chi connectivity index (χ4n) is 2.20. The zero-order chi connectivity index (χ0) is 14.8. The molecule has 0 fully saturated rings. The molecule has 3 heteroatoms. The van der Waals surface area contributed by atoms with Gasteiger partial charge in [-0.3, -0.25) is 4.79 Å². The van der Waals surface area contributed by atoms with Crippen molar-refractivity contribution >= 4 is 38.3 Å². The Morgan fingerprint density at radius 3 is 2.33 bits per heavy atom. The highest BCUT2D eigenvalue weighted by molar-refractivity contribution is 9.10. The van der Waals surface area contributed by atoms with Gasteiger partial charge in [0, 0.05) is 15.7 Å². The first-order valence-corrected chi connectivity index (χ1v) is 7.48. The summed E-state index contributed by atoms with van der Waals surface area (Å²) in [5.41, 5.74) is 2.61. The number of aryl methyl sites for hydroxylation is 1. The molecule has 0 aliphatic heterocycles. The summed E-state index contributed by atoms with van der Waals surface area (Å²) < 4.78 is 1.05. The summed E-state index contributed by atoms with van der Waals surface area (Å²) in [7, 11) is 0. The number of fused-ring (bicyclic) bond motifs is 1. The number of carbonyl (C=O) groups is 1. The summed E-state index contributed by atoms with van der Waals surface area (Å²) in [5, 5.41) is 5.17. The number of benzene rings is 3. The lowest BCUT2D eigenvalue weighted by Gasteiger charge is -2.07. The van der Waals surface area contributed by atoms with Crippen molar-refractivity contribution in [3.05, 3.63) is 76.3 Å². The van der Waals surface area contributed by atoms with E-state index in [-0.39, 0.29) is 5.91 Å². The first-order chi connectivity index (χ1) is 10.1. The van der Waals surface area contributed by atoms with Gasteiger partial charge in [-0.25, -0.2) is 0 Å². The van der Waals surface area contributed by atoms with Gasteiger partial charge in [0.05, 0.1) is 0 Å². The van der Waals surface area contributed by atoms with E-state index in [1.807, 2.05) is 61.5 Å². The highest BCUT2D eigenvalue weighted by Gasteiger charge is 2.06. The van der Waals surface area contributed by atoms with Crippen molar-refractivity contribution in [1.29, 1.82) is 0 Å². The van der Waals surface area contributed by atoms with E-state index < -0.39 is 0 Å². The molecule has 104 valence electrons. The van der Waals surface area contributed by atoms with Gasteiger partial charge in [0.1, 0.15) is 0 Å². The smallest absolute Gasteiger partial charge is 0.255 e. The fraction of sp³-hybridized carbons (Fsp3) is 0.0556. The van der Waals surface area contributed by atoms with E-state index in [1.165, 1.54) is 0 Å². The molecular weight excluding hydrogens is 326 g/mol. The molecule has 3 aromatic carbocycles. The second-order valence-electron chi connectivity index (χ2n) is 5.03. The molecule has 3 rings (SSSR count). The van der Waals surface area contributed by atoms with E-state index in [0.29, 0.717) is 5.56 Å². The molecule has 0 aliphatic rings. The van der Waals surface area contributed by atoms with Crippen molar-refractivity contribution in [2.24, 2.45) is 0 Å². The number of hydrogen-bond acceptors (Lipinski definition) is 1. The largest absolute Gasteiger partial charge is 0.322 e. The Balaban J connectivity index is 1.85. The number of anilines is 1. The molecule has 21 heavy (non-hydrogen) atoms. The summed E-state index contributed by atoms with van der Waals surface area (Å²) in [6, 6.07) is 19.5. The molecule has 3 aromatic rings. The third kappa shape index (κ3) is 3.14. The van der Waals surface area contributed by atoms with Gasteiger partial charge in [-0.05, 0) is 54.1 Å². The standard InChI is InChI=1S/C18H14BrNO/c1-12-2-4-13(5-3-12)18(21)20-17-9-7-14-10-16(19)8-6-15(14)11-17/h2-11H,1H3,(H,20,21). The van der Waals surface area contributed by atoms with Crippen LogP contribution in [0.5, 0.6) is 0 Å². The van der Waals surface area contributed by atoms with Gasteiger partial charge in [-0.15, -0.1) is 0 Å². The Bertz CT molecular complexity index is 809. The fourth-order valence-corrected chi connectivity index (χ4v) is 2.58. The van der Waals surface area contributed by atoms with E-state index in [9.17, 15) is 4.79 Å². The SMILES string of the molecule is Cc1ccc(C(=O)Nc2ccc3cc(Br)ccc3c2)cc1. The van der Waals surface area contributed by atoms with Crippen molar-refractivity contribution in [2.75, 3.05) is 5.32 Å². The van der Waals surface area contributed by atoms with Crippen LogP contribution in [0.3, 0.4) is 0 Å². The Morgan fingerprint density at radius 1 is 0.905 bits per heavy atom. The average Bonchev–Trinajstić information content (AvgIpc) is 2.48. The summed E-state index contributed by atoms with van der Waals surface area (Å²) in [6.45, 7) is 2.00. The molecule has 0 saturated carbocycles. The van der Waals surface area contributed by atoms with Gasteiger partial charge in [-0.2, -0.15) is 0 Å². The van der Waals surface area contributed by atoms with Crippen LogP contribution in [0.2, 0.25) is 0 Å². The Labute approximate surface area is 131 Å². The predicted molar refractivity (Wildman–Crippen MR) is 90.8 cm³/mol. The van der Waals surface area contributed by atoms with Crippen LogP contribution in [0.1, 0.15) is 15.9 Å². The van der Waals surface area contributed by atoms with Gasteiger partial charge in [0.2, 0.25) is 0 Å². The van der Waals surface area contributed by atoms with Crippen LogP contribution in [0.15, 0.2) is 65.1 Å². The normalized spacial score (nSPS) is 10.6. The monoisotopic (exact) mass is 339 g/mol. The van der Waals surface area contributed by atoms with Crippen LogP contribution in [0, 0.1) is 6.92 Å². The van der Waals surface area contributed by atoms with E-state index >= 15 is 0 Å². The Kier molecular flexibility index (Phi) is 3.76. The maximum absolute atomic E-state index is 12.2. The lowest BCUT2D eigenvalue weighted by Crippen LogP contribution is -2.11. The second kappa shape index (κ2) is 5.70. The van der Waals surface area contributed by atoms with Gasteiger partial charge in [0.25, 0.3) is 5.91 Å². The lowest BCUT2D eigenvalue weighted by molar-refractivity contribution is 0.102. The van der Waals surface area contributed by atoms with Crippen molar-refractivity contribution in [2.45, 2.75) is 6.92 Å². The molecule has 0 saturated heterocycles. The van der Waals surface area contributed by atoms with Crippen molar-refractivity contribution < 1.29 is 4.79 Å². The number of nitrogens with one attached hydrogen (secondary N) is 1. The third-order valence-electron chi connectivity index (χ3n) is 3.37. The molecule has 0 radical (unpaired) electrons. The van der Waals surface area contributed by atoms with E-state index in [4.69, 9.17) is 0 Å². The minimum Gasteiger partial charge on any atom is -0.322 e. The number of carbonyl (C=O) groups excluding carboxylic acids is 1. The van der Waals surface area contributed by atoms with Crippen LogP contribution in [-0.2, 0) is 0 Å². The molecule has 1 amide bonds. The van der Waals surface area contributed by atoms with Crippen LogP contribution in [-0.4, -0.2) is 5.91 Å². The molecule has 1 N–H and O–H groups in total. The minimum atomic E-state index is -0.0912. The van der Waals surface area contributed by atoms with Gasteiger partial charge >= 0.3 is 0 Å². The molecule has 0 unspecified atom stereocenters. The van der Waals surface area contributed by atoms with Gasteiger partial charge in [-0.1, -0.05) is 45.8 Å². The quantitative estimate of drug-likeness (QED) is 0.686. The van der Waals surface area contributed by atoms with Crippen molar-refractivity contribution in [3.8, 4) is 0 Å². The molecule has 0 aliphatic carbocycles. The molecule has 0 spiro atoms. The van der Waals surface area contributed by atoms with E-state index in [0.717, 1.165) is 26.5 Å².